The van der Waals surface area contributed by atoms with Crippen LogP contribution in [0.4, 0.5) is 0 Å². The van der Waals surface area contributed by atoms with Gasteiger partial charge in [-0.2, -0.15) is 0 Å². The summed E-state index contributed by atoms with van der Waals surface area (Å²) >= 11 is 18.1. The van der Waals surface area contributed by atoms with Gasteiger partial charge in [0.15, 0.2) is 5.78 Å². The number of ketones is 1. The highest BCUT2D eigenvalue weighted by Crippen LogP contribution is 2.42. The molecule has 0 aromatic heterocycles. The molecule has 4 heteroatoms. The maximum Gasteiger partial charge on any atom is 0.171 e. The van der Waals surface area contributed by atoms with E-state index in [9.17, 15) is 4.79 Å². The van der Waals surface area contributed by atoms with E-state index in [2.05, 4.69) is 0 Å². The van der Waals surface area contributed by atoms with Crippen molar-refractivity contribution in [1.29, 1.82) is 0 Å². The smallest absolute Gasteiger partial charge is 0.171 e. The van der Waals surface area contributed by atoms with Crippen molar-refractivity contribution in [3.8, 4) is 0 Å². The Morgan fingerprint density at radius 1 is 1.06 bits per heavy atom. The van der Waals surface area contributed by atoms with Crippen LogP contribution in [0.1, 0.15) is 49.4 Å². The van der Waals surface area contributed by atoms with Gasteiger partial charge >= 0.3 is 0 Å². The summed E-state index contributed by atoms with van der Waals surface area (Å²) in [6.45, 7) is 2.01. The van der Waals surface area contributed by atoms with Crippen LogP contribution in [-0.2, 0) is 0 Å². The molecule has 98 valence electrons. The zero-order chi connectivity index (χ0) is 13.3. The summed E-state index contributed by atoms with van der Waals surface area (Å²) in [4.78, 5) is 12.7. The largest absolute Gasteiger partial charge is 0.293 e. The van der Waals surface area contributed by atoms with Crippen LogP contribution in [-0.4, -0.2) is 5.78 Å². The van der Waals surface area contributed by atoms with Gasteiger partial charge in [-0.25, -0.2) is 0 Å². The molecule has 1 nitrogen and oxygen atoms in total. The van der Waals surface area contributed by atoms with Crippen molar-refractivity contribution in [2.45, 2.75) is 39.0 Å². The summed E-state index contributed by atoms with van der Waals surface area (Å²) < 4.78 is 0. The fourth-order valence-corrected chi connectivity index (χ4v) is 3.61. The Bertz CT molecular complexity index is 453. The van der Waals surface area contributed by atoms with E-state index in [0.717, 1.165) is 25.7 Å². The number of carbonyl (C=O) groups is 1. The van der Waals surface area contributed by atoms with Crippen LogP contribution in [0.15, 0.2) is 12.1 Å². The zero-order valence-electron chi connectivity index (χ0n) is 10.2. The molecular formula is C14H15Cl3O. The normalized spacial score (nSPS) is 18.7. The lowest BCUT2D eigenvalue weighted by molar-refractivity contribution is 0.0750. The standard InChI is InChI=1S/C14H15Cl3O/c1-14(5-3-2-4-6-14)13(18)12-10(16)7-9(15)8-11(12)17/h7-8H,2-6H2,1H3. The van der Waals surface area contributed by atoms with Crippen LogP contribution in [0, 0.1) is 5.41 Å². The minimum Gasteiger partial charge on any atom is -0.293 e. The first-order valence-corrected chi connectivity index (χ1v) is 7.27. The van der Waals surface area contributed by atoms with Gasteiger partial charge in [-0.1, -0.05) is 61.0 Å². The molecule has 1 aromatic rings. The molecule has 2 rings (SSSR count). The third-order valence-electron chi connectivity index (χ3n) is 3.74. The van der Waals surface area contributed by atoms with Crippen LogP contribution in [0.25, 0.3) is 0 Å². The Balaban J connectivity index is 2.39. The molecule has 1 aromatic carbocycles. The minimum absolute atomic E-state index is 0.0499. The van der Waals surface area contributed by atoms with Crippen LogP contribution < -0.4 is 0 Å². The Kier molecular flexibility index (Phi) is 4.25. The van der Waals surface area contributed by atoms with E-state index in [1.165, 1.54) is 6.42 Å². The molecule has 1 aliphatic carbocycles. The number of carbonyl (C=O) groups excluding carboxylic acids is 1. The van der Waals surface area contributed by atoms with Crippen molar-refractivity contribution in [1.82, 2.24) is 0 Å². The minimum atomic E-state index is -0.334. The number of hydrogen-bond acceptors (Lipinski definition) is 1. The third kappa shape index (κ3) is 2.68. The first kappa shape index (κ1) is 14.2. The fraction of sp³-hybridized carbons (Fsp3) is 0.500. The van der Waals surface area contributed by atoms with Gasteiger partial charge in [0.05, 0.1) is 15.6 Å². The molecule has 0 radical (unpaired) electrons. The fourth-order valence-electron chi connectivity index (χ4n) is 2.62. The van der Waals surface area contributed by atoms with Gasteiger partial charge in [0.2, 0.25) is 0 Å². The Hall–Kier alpha value is -0.240. The lowest BCUT2D eigenvalue weighted by Crippen LogP contribution is -2.30. The van der Waals surface area contributed by atoms with Gasteiger partial charge in [-0.15, -0.1) is 0 Å². The van der Waals surface area contributed by atoms with Gasteiger partial charge in [0, 0.05) is 10.4 Å². The summed E-state index contributed by atoms with van der Waals surface area (Å²) in [5.41, 5.74) is 0.0893. The molecule has 18 heavy (non-hydrogen) atoms. The number of Topliss-reactive ketones (excluding diaryl/α,β-unsaturated/α-hetero) is 1. The summed E-state index contributed by atoms with van der Waals surface area (Å²) in [6.07, 6.45) is 5.18. The van der Waals surface area contributed by atoms with Crippen LogP contribution in [0.2, 0.25) is 15.1 Å². The van der Waals surface area contributed by atoms with E-state index in [1.807, 2.05) is 6.92 Å². The second kappa shape index (κ2) is 5.40. The Morgan fingerprint density at radius 3 is 2.06 bits per heavy atom. The maximum atomic E-state index is 12.7. The quantitative estimate of drug-likeness (QED) is 0.631. The lowest BCUT2D eigenvalue weighted by Gasteiger charge is -2.32. The molecule has 0 amide bonds. The monoisotopic (exact) mass is 304 g/mol. The van der Waals surface area contributed by atoms with E-state index in [0.29, 0.717) is 20.6 Å². The topological polar surface area (TPSA) is 17.1 Å². The van der Waals surface area contributed by atoms with Crippen molar-refractivity contribution >= 4 is 40.6 Å². The first-order valence-electron chi connectivity index (χ1n) is 6.13. The predicted molar refractivity (Wildman–Crippen MR) is 77.0 cm³/mol. The molecule has 0 unspecified atom stereocenters. The molecule has 0 heterocycles. The van der Waals surface area contributed by atoms with E-state index in [1.54, 1.807) is 12.1 Å². The summed E-state index contributed by atoms with van der Waals surface area (Å²) in [7, 11) is 0. The lowest BCUT2D eigenvalue weighted by atomic mass is 9.71. The van der Waals surface area contributed by atoms with Crippen molar-refractivity contribution < 1.29 is 4.79 Å². The van der Waals surface area contributed by atoms with Crippen molar-refractivity contribution in [2.24, 2.45) is 5.41 Å². The van der Waals surface area contributed by atoms with E-state index in [4.69, 9.17) is 34.8 Å². The molecule has 0 bridgehead atoms. The maximum absolute atomic E-state index is 12.7. The Morgan fingerprint density at radius 2 is 1.56 bits per heavy atom. The highest BCUT2D eigenvalue weighted by molar-refractivity contribution is 6.42. The second-order valence-electron chi connectivity index (χ2n) is 5.19. The van der Waals surface area contributed by atoms with Gasteiger partial charge < -0.3 is 0 Å². The summed E-state index contributed by atoms with van der Waals surface area (Å²) in [5.74, 6) is 0.0499. The number of benzene rings is 1. The summed E-state index contributed by atoms with van der Waals surface area (Å²) in [6, 6.07) is 3.16. The Labute approximate surface area is 122 Å². The van der Waals surface area contributed by atoms with Crippen molar-refractivity contribution in [3.05, 3.63) is 32.8 Å². The van der Waals surface area contributed by atoms with E-state index >= 15 is 0 Å². The van der Waals surface area contributed by atoms with Crippen LogP contribution in [0.3, 0.4) is 0 Å². The van der Waals surface area contributed by atoms with Crippen LogP contribution in [0.5, 0.6) is 0 Å². The van der Waals surface area contributed by atoms with Crippen molar-refractivity contribution in [2.75, 3.05) is 0 Å². The van der Waals surface area contributed by atoms with E-state index < -0.39 is 0 Å². The number of rotatable bonds is 2. The average Bonchev–Trinajstić information content (AvgIpc) is 2.28. The zero-order valence-corrected chi connectivity index (χ0v) is 12.5. The van der Waals surface area contributed by atoms with Crippen molar-refractivity contribution in [3.63, 3.8) is 0 Å². The second-order valence-corrected chi connectivity index (χ2v) is 6.45. The van der Waals surface area contributed by atoms with Gasteiger partial charge in [0.25, 0.3) is 0 Å². The molecule has 0 atom stereocenters. The van der Waals surface area contributed by atoms with Gasteiger partial charge in [0.1, 0.15) is 0 Å². The highest BCUT2D eigenvalue weighted by Gasteiger charge is 2.37. The number of hydrogen-bond donors (Lipinski definition) is 0. The average molecular weight is 306 g/mol. The molecule has 1 fully saturated rings. The molecule has 1 saturated carbocycles. The SMILES string of the molecule is CC1(C(=O)c2c(Cl)cc(Cl)cc2Cl)CCCCC1. The molecular weight excluding hydrogens is 291 g/mol. The van der Waals surface area contributed by atoms with Gasteiger partial charge in [-0.05, 0) is 25.0 Å². The number of halogens is 3. The molecule has 0 aliphatic heterocycles. The molecule has 0 spiro atoms. The molecule has 0 saturated heterocycles. The molecule has 1 aliphatic rings. The summed E-state index contributed by atoms with van der Waals surface area (Å²) in [5, 5.41) is 1.16. The highest BCUT2D eigenvalue weighted by atomic mass is 35.5. The molecule has 0 N–H and O–H groups in total. The van der Waals surface area contributed by atoms with E-state index in [-0.39, 0.29) is 11.2 Å². The predicted octanol–water partition coefficient (Wildman–Crippen LogP) is 5.80. The third-order valence-corrected chi connectivity index (χ3v) is 4.55. The van der Waals surface area contributed by atoms with Crippen LogP contribution >= 0.6 is 34.8 Å². The van der Waals surface area contributed by atoms with Gasteiger partial charge in [-0.3, -0.25) is 4.79 Å². The first-order chi connectivity index (χ1) is 8.44.